The molecule has 0 heterocycles. The molecule has 0 rings (SSSR count). The van der Waals surface area contributed by atoms with Gasteiger partial charge >= 0.3 is 5.97 Å². The Bertz CT molecular complexity index is 930. The van der Waals surface area contributed by atoms with Gasteiger partial charge in [0, 0.05) is 6.42 Å². The Morgan fingerprint density at radius 1 is 0.518 bits per heavy atom. The molecule has 0 aromatic heterocycles. The van der Waals surface area contributed by atoms with Crippen LogP contribution in [0.25, 0.3) is 0 Å². The van der Waals surface area contributed by atoms with Crippen LogP contribution in [-0.2, 0) is 14.3 Å². The average molecular weight is 788 g/mol. The average Bonchev–Trinajstić information content (AvgIpc) is 3.19. The first-order valence-electron chi connectivity index (χ1n) is 24.2. The van der Waals surface area contributed by atoms with Crippen molar-refractivity contribution in [3.63, 3.8) is 0 Å². The fraction of sp³-hybridized carbons (Fsp3) is 0.840. The van der Waals surface area contributed by atoms with Crippen LogP contribution in [0, 0.1) is 0 Å². The standard InChI is InChI=1S/C50H93NO5/c1-4-7-10-13-16-19-21-23-24-25-26-28-31-34-37-40-43-50(55)56-46(41-38-35-32-30-27-22-20-17-14-11-8-5-2)44-49(54)51-47(45-52)48(53)42-39-36-33-29-18-15-12-9-6-3/h24-26,28,30,32,46-48,52-53H,4-23,27,29,31,33-45H2,1-3H3,(H,51,54)/b25-24+,28-26+,32-30-. The third-order valence-electron chi connectivity index (χ3n) is 11.0. The first-order chi connectivity index (χ1) is 27.5. The highest BCUT2D eigenvalue weighted by Gasteiger charge is 2.24. The lowest BCUT2D eigenvalue weighted by atomic mass is 10.0. The van der Waals surface area contributed by atoms with Crippen molar-refractivity contribution in [2.24, 2.45) is 0 Å². The van der Waals surface area contributed by atoms with Gasteiger partial charge in [-0.1, -0.05) is 198 Å². The number of aliphatic hydroxyl groups excluding tert-OH is 2. The van der Waals surface area contributed by atoms with Crippen LogP contribution in [0.2, 0.25) is 0 Å². The van der Waals surface area contributed by atoms with Crippen LogP contribution in [0.3, 0.4) is 0 Å². The number of carbonyl (C=O) groups excluding carboxylic acids is 2. The molecule has 3 N–H and O–H groups in total. The second-order valence-corrected chi connectivity index (χ2v) is 16.5. The van der Waals surface area contributed by atoms with Crippen LogP contribution in [0.1, 0.15) is 245 Å². The van der Waals surface area contributed by atoms with Crippen LogP contribution in [0.15, 0.2) is 36.5 Å². The Balaban J connectivity index is 4.63. The van der Waals surface area contributed by atoms with Gasteiger partial charge in [0.15, 0.2) is 0 Å². The molecule has 0 saturated carbocycles. The number of nitrogens with one attached hydrogen (secondary N) is 1. The molecule has 0 aromatic rings. The van der Waals surface area contributed by atoms with E-state index in [-0.39, 0.29) is 24.9 Å². The summed E-state index contributed by atoms with van der Waals surface area (Å²) in [4.78, 5) is 26.0. The normalized spacial score (nSPS) is 13.6. The summed E-state index contributed by atoms with van der Waals surface area (Å²) in [5.41, 5.74) is 0. The number of ether oxygens (including phenoxy) is 1. The first-order valence-corrected chi connectivity index (χ1v) is 24.2. The fourth-order valence-corrected chi connectivity index (χ4v) is 7.24. The zero-order valence-electron chi connectivity index (χ0n) is 37.3. The van der Waals surface area contributed by atoms with Crippen LogP contribution >= 0.6 is 0 Å². The molecule has 6 nitrogen and oxygen atoms in total. The lowest BCUT2D eigenvalue weighted by molar-refractivity contribution is -0.151. The van der Waals surface area contributed by atoms with Gasteiger partial charge in [-0.25, -0.2) is 0 Å². The van der Waals surface area contributed by atoms with Gasteiger partial charge < -0.3 is 20.3 Å². The number of rotatable bonds is 43. The van der Waals surface area contributed by atoms with Crippen molar-refractivity contribution in [2.45, 2.75) is 264 Å². The first kappa shape index (κ1) is 54.1. The van der Waals surface area contributed by atoms with Crippen molar-refractivity contribution in [1.82, 2.24) is 5.32 Å². The molecule has 0 radical (unpaired) electrons. The molecular formula is C50H93NO5. The lowest BCUT2D eigenvalue weighted by Crippen LogP contribution is -2.46. The summed E-state index contributed by atoms with van der Waals surface area (Å²) in [6.45, 7) is 6.43. The second-order valence-electron chi connectivity index (χ2n) is 16.5. The molecule has 0 aliphatic rings. The molecule has 3 atom stereocenters. The molecule has 0 bridgehead atoms. The van der Waals surface area contributed by atoms with Gasteiger partial charge in [0.1, 0.15) is 6.10 Å². The summed E-state index contributed by atoms with van der Waals surface area (Å²) in [5, 5.41) is 23.6. The van der Waals surface area contributed by atoms with Crippen molar-refractivity contribution in [1.29, 1.82) is 0 Å². The number of aliphatic hydroxyl groups is 2. The highest BCUT2D eigenvalue weighted by Crippen LogP contribution is 2.16. The van der Waals surface area contributed by atoms with Gasteiger partial charge in [0.2, 0.25) is 5.91 Å². The Hall–Kier alpha value is -1.92. The van der Waals surface area contributed by atoms with Gasteiger partial charge in [-0.05, 0) is 70.6 Å². The van der Waals surface area contributed by atoms with Crippen molar-refractivity contribution < 1.29 is 24.5 Å². The van der Waals surface area contributed by atoms with Gasteiger partial charge in [-0.15, -0.1) is 0 Å². The molecule has 3 unspecified atom stereocenters. The molecule has 0 saturated heterocycles. The molecule has 0 aliphatic heterocycles. The summed E-state index contributed by atoms with van der Waals surface area (Å²) in [6, 6.07) is -0.711. The maximum absolute atomic E-state index is 13.1. The monoisotopic (exact) mass is 788 g/mol. The SMILES string of the molecule is CCCCCCCCC/C=C\CCCC(CC(=O)NC(CO)C(O)CCCCCCCCCCC)OC(=O)CCCCC/C=C/C=C/CCCCCCCCC. The van der Waals surface area contributed by atoms with Crippen LogP contribution in [0.4, 0.5) is 0 Å². The molecule has 56 heavy (non-hydrogen) atoms. The van der Waals surface area contributed by atoms with E-state index in [2.05, 4.69) is 62.5 Å². The summed E-state index contributed by atoms with van der Waals surface area (Å²) in [5.74, 6) is -0.532. The van der Waals surface area contributed by atoms with Crippen LogP contribution < -0.4 is 5.32 Å². The predicted octanol–water partition coefficient (Wildman–Crippen LogP) is 14.1. The van der Waals surface area contributed by atoms with E-state index in [1.807, 2.05) is 0 Å². The van der Waals surface area contributed by atoms with E-state index < -0.39 is 18.2 Å². The van der Waals surface area contributed by atoms with E-state index in [1.165, 1.54) is 128 Å². The minimum absolute atomic E-state index is 0.0476. The molecular weight excluding hydrogens is 695 g/mol. The third kappa shape index (κ3) is 38.9. The maximum Gasteiger partial charge on any atom is 0.306 e. The van der Waals surface area contributed by atoms with E-state index in [9.17, 15) is 19.8 Å². The van der Waals surface area contributed by atoms with Crippen molar-refractivity contribution in [2.75, 3.05) is 6.61 Å². The smallest absolute Gasteiger partial charge is 0.306 e. The van der Waals surface area contributed by atoms with Crippen molar-refractivity contribution in [3.8, 4) is 0 Å². The highest BCUT2D eigenvalue weighted by molar-refractivity contribution is 5.77. The number of unbranched alkanes of at least 4 members (excludes halogenated alkanes) is 26. The topological polar surface area (TPSA) is 95.9 Å². The van der Waals surface area contributed by atoms with Gasteiger partial charge in [-0.2, -0.15) is 0 Å². The minimum Gasteiger partial charge on any atom is -0.462 e. The number of hydrogen-bond donors (Lipinski definition) is 3. The largest absolute Gasteiger partial charge is 0.462 e. The highest BCUT2D eigenvalue weighted by atomic mass is 16.5. The molecule has 0 aliphatic carbocycles. The van der Waals surface area contributed by atoms with Crippen LogP contribution in [-0.4, -0.2) is 46.9 Å². The van der Waals surface area contributed by atoms with Crippen LogP contribution in [0.5, 0.6) is 0 Å². The second kappa shape index (κ2) is 44.2. The van der Waals surface area contributed by atoms with Gasteiger partial charge in [0.05, 0.1) is 25.2 Å². The lowest BCUT2D eigenvalue weighted by Gasteiger charge is -2.24. The van der Waals surface area contributed by atoms with E-state index in [0.717, 1.165) is 70.6 Å². The third-order valence-corrected chi connectivity index (χ3v) is 11.0. The number of amides is 1. The van der Waals surface area contributed by atoms with Crippen molar-refractivity contribution >= 4 is 11.9 Å². The zero-order chi connectivity index (χ0) is 41.0. The molecule has 0 spiro atoms. The maximum atomic E-state index is 13.1. The molecule has 328 valence electrons. The summed E-state index contributed by atoms with van der Waals surface area (Å²) >= 11 is 0. The van der Waals surface area contributed by atoms with Gasteiger partial charge in [-0.3, -0.25) is 9.59 Å². The molecule has 6 heteroatoms. The summed E-state index contributed by atoms with van der Waals surface area (Å²) < 4.78 is 5.88. The number of esters is 1. The molecule has 0 aromatic carbocycles. The Kier molecular flexibility index (Phi) is 42.7. The number of allylic oxidation sites excluding steroid dienone is 6. The predicted molar refractivity (Wildman–Crippen MR) is 241 cm³/mol. The summed E-state index contributed by atoms with van der Waals surface area (Å²) in [7, 11) is 0. The molecule has 1 amide bonds. The van der Waals surface area contributed by atoms with E-state index in [4.69, 9.17) is 4.74 Å². The zero-order valence-corrected chi connectivity index (χ0v) is 37.3. The molecule has 0 fully saturated rings. The Morgan fingerprint density at radius 2 is 0.929 bits per heavy atom. The van der Waals surface area contributed by atoms with Crippen molar-refractivity contribution in [3.05, 3.63) is 36.5 Å². The minimum atomic E-state index is -0.795. The Labute approximate surface area is 347 Å². The quantitative estimate of drug-likeness (QED) is 0.0247. The fourth-order valence-electron chi connectivity index (χ4n) is 7.24. The summed E-state index contributed by atoms with van der Waals surface area (Å²) in [6.07, 6.45) is 50.7. The number of hydrogen-bond acceptors (Lipinski definition) is 5. The van der Waals surface area contributed by atoms with Gasteiger partial charge in [0.25, 0.3) is 0 Å². The van der Waals surface area contributed by atoms with E-state index in [1.54, 1.807) is 0 Å². The van der Waals surface area contributed by atoms with E-state index in [0.29, 0.717) is 19.3 Å². The Morgan fingerprint density at radius 3 is 1.41 bits per heavy atom. The number of carbonyl (C=O) groups is 2. The van der Waals surface area contributed by atoms with E-state index >= 15 is 0 Å².